The summed E-state index contributed by atoms with van der Waals surface area (Å²) in [4.78, 5) is 25.3. The third-order valence-electron chi connectivity index (χ3n) is 2.86. The van der Waals surface area contributed by atoms with Crippen molar-refractivity contribution < 1.29 is 9.59 Å². The van der Waals surface area contributed by atoms with Gasteiger partial charge in [0.25, 0.3) is 0 Å². The molecule has 1 rings (SSSR count). The van der Waals surface area contributed by atoms with E-state index in [1.165, 1.54) is 0 Å². The largest absolute Gasteiger partial charge is 0.359 e. The molecule has 5 heteroatoms. The molecule has 1 N–H and O–H groups in total. The molecular formula is C14H19BrN2O2. The normalized spacial score (nSPS) is 12.3. The van der Waals surface area contributed by atoms with Crippen molar-refractivity contribution in [2.75, 3.05) is 27.2 Å². The number of carbonyl (C=O) groups excluding carboxylic acids is 2. The highest BCUT2D eigenvalue weighted by Crippen LogP contribution is 2.11. The molecule has 0 aliphatic heterocycles. The number of rotatable bonds is 6. The maximum atomic E-state index is 12.0. The second-order valence-electron chi connectivity index (χ2n) is 4.64. The maximum absolute atomic E-state index is 12.0. The molecule has 0 fully saturated rings. The minimum absolute atomic E-state index is 0.0112. The fourth-order valence-electron chi connectivity index (χ4n) is 1.83. The molecule has 104 valence electrons. The van der Waals surface area contributed by atoms with Crippen LogP contribution in [-0.2, 0) is 4.79 Å². The van der Waals surface area contributed by atoms with Crippen LogP contribution in [0.1, 0.15) is 17.3 Å². The van der Waals surface area contributed by atoms with Crippen molar-refractivity contribution in [3.8, 4) is 0 Å². The summed E-state index contributed by atoms with van der Waals surface area (Å²) in [5.74, 6) is -0.0882. The van der Waals surface area contributed by atoms with E-state index < -0.39 is 0 Å². The van der Waals surface area contributed by atoms with Crippen LogP contribution in [0.4, 0.5) is 0 Å². The molecule has 4 nitrogen and oxygen atoms in total. The topological polar surface area (TPSA) is 49.4 Å². The summed E-state index contributed by atoms with van der Waals surface area (Å²) in [7, 11) is 3.46. The Morgan fingerprint density at radius 2 is 1.89 bits per heavy atom. The molecule has 19 heavy (non-hydrogen) atoms. The van der Waals surface area contributed by atoms with Crippen LogP contribution in [0.5, 0.6) is 0 Å². The van der Waals surface area contributed by atoms with Crippen molar-refractivity contribution in [3.63, 3.8) is 0 Å². The first-order chi connectivity index (χ1) is 8.93. The van der Waals surface area contributed by atoms with E-state index in [1.54, 1.807) is 19.2 Å². The number of ketones is 1. The van der Waals surface area contributed by atoms with Crippen LogP contribution >= 0.6 is 15.9 Å². The Bertz CT molecular complexity index is 445. The predicted octanol–water partition coefficient (Wildman–Crippen LogP) is 1.95. The number of hydrogen-bond acceptors (Lipinski definition) is 3. The standard InChI is InChI=1S/C14H19BrN2O2/c1-10(14(19)16-2)8-17(3)9-13(18)11-4-6-12(15)7-5-11/h4-7,10H,8-9H2,1-3H3,(H,16,19). The van der Waals surface area contributed by atoms with Crippen LogP contribution in [-0.4, -0.2) is 43.8 Å². The number of halogens is 1. The molecule has 1 unspecified atom stereocenters. The lowest BCUT2D eigenvalue weighted by Gasteiger charge is -2.19. The molecule has 0 saturated heterocycles. The van der Waals surface area contributed by atoms with E-state index in [0.717, 1.165) is 4.47 Å². The van der Waals surface area contributed by atoms with Gasteiger partial charge in [0.2, 0.25) is 5.91 Å². The van der Waals surface area contributed by atoms with E-state index in [9.17, 15) is 9.59 Å². The van der Waals surface area contributed by atoms with Gasteiger partial charge in [-0.2, -0.15) is 0 Å². The van der Waals surface area contributed by atoms with Crippen molar-refractivity contribution >= 4 is 27.6 Å². The molecule has 0 aliphatic rings. The summed E-state index contributed by atoms with van der Waals surface area (Å²) in [6.07, 6.45) is 0. The molecule has 0 radical (unpaired) electrons. The number of nitrogens with one attached hydrogen (secondary N) is 1. The van der Waals surface area contributed by atoms with Crippen LogP contribution in [0.3, 0.4) is 0 Å². The molecule has 1 aromatic carbocycles. The van der Waals surface area contributed by atoms with Gasteiger partial charge in [-0.3, -0.25) is 14.5 Å². The van der Waals surface area contributed by atoms with Gasteiger partial charge in [0, 0.05) is 29.5 Å². The Morgan fingerprint density at radius 1 is 1.32 bits per heavy atom. The first kappa shape index (κ1) is 15.9. The Morgan fingerprint density at radius 3 is 2.42 bits per heavy atom. The second-order valence-corrected chi connectivity index (χ2v) is 5.56. The third-order valence-corrected chi connectivity index (χ3v) is 3.39. The van der Waals surface area contributed by atoms with Crippen LogP contribution in [0.25, 0.3) is 0 Å². The van der Waals surface area contributed by atoms with Gasteiger partial charge in [-0.1, -0.05) is 35.0 Å². The summed E-state index contributed by atoms with van der Waals surface area (Å²) in [5, 5.41) is 2.61. The second kappa shape index (κ2) is 7.40. The van der Waals surface area contributed by atoms with E-state index in [-0.39, 0.29) is 17.6 Å². The molecule has 1 atom stereocenters. The van der Waals surface area contributed by atoms with Gasteiger partial charge in [-0.25, -0.2) is 0 Å². The zero-order valence-electron chi connectivity index (χ0n) is 11.4. The molecule has 1 aromatic rings. The third kappa shape index (κ3) is 5.12. The molecule has 0 bridgehead atoms. The van der Waals surface area contributed by atoms with E-state index in [0.29, 0.717) is 18.7 Å². The molecule has 0 aliphatic carbocycles. The summed E-state index contributed by atoms with van der Waals surface area (Å²) in [6, 6.07) is 7.28. The van der Waals surface area contributed by atoms with E-state index in [1.807, 2.05) is 31.0 Å². The lowest BCUT2D eigenvalue weighted by molar-refractivity contribution is -0.124. The summed E-state index contributed by atoms with van der Waals surface area (Å²) < 4.78 is 0.950. The van der Waals surface area contributed by atoms with E-state index in [4.69, 9.17) is 0 Å². The van der Waals surface area contributed by atoms with Crippen LogP contribution < -0.4 is 5.32 Å². The number of amides is 1. The average molecular weight is 327 g/mol. The van der Waals surface area contributed by atoms with E-state index in [2.05, 4.69) is 21.2 Å². The van der Waals surface area contributed by atoms with Gasteiger partial charge >= 0.3 is 0 Å². The molecule has 0 heterocycles. The highest BCUT2D eigenvalue weighted by Gasteiger charge is 2.16. The highest BCUT2D eigenvalue weighted by molar-refractivity contribution is 9.10. The SMILES string of the molecule is CNC(=O)C(C)CN(C)CC(=O)c1ccc(Br)cc1. The van der Waals surface area contributed by atoms with Gasteiger partial charge in [-0.15, -0.1) is 0 Å². The van der Waals surface area contributed by atoms with Crippen LogP contribution in [0, 0.1) is 5.92 Å². The first-order valence-corrected chi connectivity index (χ1v) is 6.92. The van der Waals surface area contributed by atoms with Crippen molar-refractivity contribution in [2.24, 2.45) is 5.92 Å². The van der Waals surface area contributed by atoms with Crippen molar-refractivity contribution in [1.29, 1.82) is 0 Å². The smallest absolute Gasteiger partial charge is 0.223 e. The summed E-state index contributed by atoms with van der Waals surface area (Å²) in [6.45, 7) is 2.71. The number of benzene rings is 1. The van der Waals surface area contributed by atoms with Gasteiger partial charge in [0.1, 0.15) is 0 Å². The minimum Gasteiger partial charge on any atom is -0.359 e. The minimum atomic E-state index is -0.132. The van der Waals surface area contributed by atoms with Crippen LogP contribution in [0.2, 0.25) is 0 Å². The maximum Gasteiger partial charge on any atom is 0.223 e. The Labute approximate surface area is 122 Å². The average Bonchev–Trinajstić information content (AvgIpc) is 2.38. The van der Waals surface area contributed by atoms with Gasteiger partial charge in [0.15, 0.2) is 5.78 Å². The fraction of sp³-hybridized carbons (Fsp3) is 0.429. The Kier molecular flexibility index (Phi) is 6.18. The molecule has 0 aromatic heterocycles. The lowest BCUT2D eigenvalue weighted by Crippen LogP contribution is -2.36. The van der Waals surface area contributed by atoms with Gasteiger partial charge in [-0.05, 0) is 19.2 Å². The highest BCUT2D eigenvalue weighted by atomic mass is 79.9. The van der Waals surface area contributed by atoms with Gasteiger partial charge in [0.05, 0.1) is 6.54 Å². The fourth-order valence-corrected chi connectivity index (χ4v) is 2.10. The monoisotopic (exact) mass is 326 g/mol. The van der Waals surface area contributed by atoms with Crippen molar-refractivity contribution in [3.05, 3.63) is 34.3 Å². The van der Waals surface area contributed by atoms with E-state index >= 15 is 0 Å². The summed E-state index contributed by atoms with van der Waals surface area (Å²) in [5.41, 5.74) is 0.683. The van der Waals surface area contributed by atoms with Crippen molar-refractivity contribution in [2.45, 2.75) is 6.92 Å². The van der Waals surface area contributed by atoms with Crippen LogP contribution in [0.15, 0.2) is 28.7 Å². The number of carbonyl (C=O) groups is 2. The Hall–Kier alpha value is -1.20. The number of likely N-dealkylation sites (N-methyl/N-ethyl adjacent to an activating group) is 1. The molecule has 0 spiro atoms. The number of Topliss-reactive ketones (excluding diaryl/α,β-unsaturated/α-hetero) is 1. The zero-order chi connectivity index (χ0) is 14.4. The Balaban J connectivity index is 2.52. The molecular weight excluding hydrogens is 308 g/mol. The first-order valence-electron chi connectivity index (χ1n) is 6.13. The molecule has 0 saturated carbocycles. The summed E-state index contributed by atoms with van der Waals surface area (Å²) >= 11 is 3.34. The number of hydrogen-bond donors (Lipinski definition) is 1. The van der Waals surface area contributed by atoms with Crippen molar-refractivity contribution in [1.82, 2.24) is 10.2 Å². The molecule has 1 amide bonds. The quantitative estimate of drug-likeness (QED) is 0.813. The predicted molar refractivity (Wildman–Crippen MR) is 79.2 cm³/mol. The zero-order valence-corrected chi connectivity index (χ0v) is 13.0. The van der Waals surface area contributed by atoms with Gasteiger partial charge < -0.3 is 5.32 Å². The lowest BCUT2D eigenvalue weighted by atomic mass is 10.1. The number of nitrogens with zero attached hydrogens (tertiary/aromatic N) is 1.